The van der Waals surface area contributed by atoms with Crippen LogP contribution in [-0.2, 0) is 19.4 Å². The normalized spacial score (nSPS) is 29.1. The van der Waals surface area contributed by atoms with Gasteiger partial charge in [0.2, 0.25) is 0 Å². The van der Waals surface area contributed by atoms with Gasteiger partial charge in [0.05, 0.1) is 12.7 Å². The van der Waals surface area contributed by atoms with Crippen LogP contribution in [0.15, 0.2) is 42.5 Å². The Hall–Kier alpha value is -2.10. The Labute approximate surface area is 213 Å². The van der Waals surface area contributed by atoms with Gasteiger partial charge in [0.1, 0.15) is 5.75 Å². The number of H-pyrrole nitrogens is 1. The van der Waals surface area contributed by atoms with Crippen LogP contribution >= 0.6 is 22.6 Å². The minimum absolute atomic E-state index is 0.190. The molecule has 2 aliphatic heterocycles. The summed E-state index contributed by atoms with van der Waals surface area (Å²) in [5, 5.41) is 22.2. The van der Waals surface area contributed by atoms with E-state index in [0.29, 0.717) is 25.8 Å². The van der Waals surface area contributed by atoms with Gasteiger partial charge in [-0.3, -0.25) is 9.69 Å². The summed E-state index contributed by atoms with van der Waals surface area (Å²) in [5.41, 5.74) is 4.27. The first kappa shape index (κ1) is 23.6. The number of aromatic hydroxyl groups is 1. The SMILES string of the molecule is CC[C@]1(O)C[C@H]2CN(CCc3c([nH]c4ccc(-c5cccc(O)c5)cc34)[C@](I)(C(=O)OC)C2)C1. The van der Waals surface area contributed by atoms with E-state index in [9.17, 15) is 15.0 Å². The summed E-state index contributed by atoms with van der Waals surface area (Å²) in [4.78, 5) is 19.2. The zero-order valence-corrected chi connectivity index (χ0v) is 21.8. The van der Waals surface area contributed by atoms with E-state index in [1.54, 1.807) is 12.1 Å². The molecule has 3 aromatic rings. The Morgan fingerprint density at radius 1 is 1.24 bits per heavy atom. The molecule has 5 rings (SSSR count). The summed E-state index contributed by atoms with van der Waals surface area (Å²) in [7, 11) is 1.45. The highest BCUT2D eigenvalue weighted by Gasteiger charge is 2.48. The van der Waals surface area contributed by atoms with E-state index in [2.05, 4.69) is 44.6 Å². The highest BCUT2D eigenvalue weighted by Crippen LogP contribution is 2.47. The molecule has 0 aliphatic carbocycles. The first-order valence-electron chi connectivity index (χ1n) is 11.9. The Bertz CT molecular complexity index is 1240. The molecule has 0 saturated carbocycles. The van der Waals surface area contributed by atoms with Crippen molar-refractivity contribution in [3.05, 3.63) is 53.7 Å². The van der Waals surface area contributed by atoms with E-state index in [-0.39, 0.29) is 17.6 Å². The van der Waals surface area contributed by atoms with Crippen LogP contribution in [0.2, 0.25) is 0 Å². The number of benzene rings is 2. The van der Waals surface area contributed by atoms with Crippen molar-refractivity contribution in [3.63, 3.8) is 0 Å². The molecule has 3 heterocycles. The number of rotatable bonds is 3. The molecule has 0 radical (unpaired) electrons. The number of fused-ring (bicyclic) bond motifs is 5. The molecular weight excluding hydrogens is 543 g/mol. The Balaban J connectivity index is 1.66. The van der Waals surface area contributed by atoms with Crippen molar-refractivity contribution in [1.82, 2.24) is 9.88 Å². The van der Waals surface area contributed by atoms with Gasteiger partial charge in [0.25, 0.3) is 0 Å². The van der Waals surface area contributed by atoms with Gasteiger partial charge < -0.3 is 19.9 Å². The monoisotopic (exact) mass is 574 g/mol. The maximum atomic E-state index is 13.3. The number of phenolic OH excluding ortho intramolecular Hbond substituents is 1. The van der Waals surface area contributed by atoms with Crippen LogP contribution in [0, 0.1) is 5.92 Å². The number of nitrogens with one attached hydrogen (secondary N) is 1. The highest BCUT2D eigenvalue weighted by molar-refractivity contribution is 14.1. The van der Waals surface area contributed by atoms with E-state index in [1.165, 1.54) is 7.11 Å². The van der Waals surface area contributed by atoms with Crippen LogP contribution in [0.1, 0.15) is 37.4 Å². The van der Waals surface area contributed by atoms with Gasteiger partial charge in [0, 0.05) is 36.2 Å². The number of halogens is 1. The molecule has 1 saturated heterocycles. The van der Waals surface area contributed by atoms with E-state index < -0.39 is 9.02 Å². The van der Waals surface area contributed by atoms with E-state index >= 15 is 0 Å². The summed E-state index contributed by atoms with van der Waals surface area (Å²) < 4.78 is 4.47. The van der Waals surface area contributed by atoms with Gasteiger partial charge in [-0.2, -0.15) is 0 Å². The number of esters is 1. The largest absolute Gasteiger partial charge is 0.508 e. The lowest BCUT2D eigenvalue weighted by Gasteiger charge is -2.44. The lowest BCUT2D eigenvalue weighted by Crippen LogP contribution is -2.52. The molecule has 4 atom stereocenters. The Kier molecular flexibility index (Phi) is 6.14. The molecule has 2 aliphatic rings. The minimum Gasteiger partial charge on any atom is -0.508 e. The topological polar surface area (TPSA) is 85.8 Å². The zero-order valence-electron chi connectivity index (χ0n) is 19.6. The third kappa shape index (κ3) is 4.12. The third-order valence-electron chi connectivity index (χ3n) is 7.60. The number of aromatic amines is 1. The van der Waals surface area contributed by atoms with Crippen molar-refractivity contribution in [1.29, 1.82) is 0 Å². The molecular formula is C27H31IN2O4. The lowest BCUT2D eigenvalue weighted by atomic mass is 9.79. The zero-order chi connectivity index (χ0) is 24.1. The number of carbonyl (C=O) groups excluding carboxylic acids is 1. The smallest absolute Gasteiger partial charge is 0.327 e. The quantitative estimate of drug-likeness (QED) is 0.239. The Morgan fingerprint density at radius 2 is 2.03 bits per heavy atom. The van der Waals surface area contributed by atoms with Gasteiger partial charge in [-0.05, 0) is 72.6 Å². The maximum absolute atomic E-state index is 13.3. The molecule has 1 unspecified atom stereocenters. The van der Waals surface area contributed by atoms with Gasteiger partial charge in [-0.25, -0.2) is 0 Å². The van der Waals surface area contributed by atoms with Gasteiger partial charge in [0.15, 0.2) is 3.42 Å². The number of phenols is 1. The second kappa shape index (κ2) is 8.84. The number of aromatic nitrogens is 1. The predicted molar refractivity (Wildman–Crippen MR) is 141 cm³/mol. The van der Waals surface area contributed by atoms with Crippen LogP contribution < -0.4 is 0 Å². The van der Waals surface area contributed by atoms with E-state index in [1.807, 2.05) is 25.1 Å². The molecule has 1 fully saturated rings. The van der Waals surface area contributed by atoms with Gasteiger partial charge in [-0.1, -0.05) is 47.7 Å². The average Bonchev–Trinajstić information content (AvgIpc) is 3.21. The van der Waals surface area contributed by atoms with Crippen LogP contribution in [0.3, 0.4) is 0 Å². The first-order valence-corrected chi connectivity index (χ1v) is 13.0. The number of piperidine rings is 1. The van der Waals surface area contributed by atoms with Crippen molar-refractivity contribution in [2.24, 2.45) is 5.92 Å². The summed E-state index contributed by atoms with van der Waals surface area (Å²) in [6.07, 6.45) is 2.78. The summed E-state index contributed by atoms with van der Waals surface area (Å²) in [6.45, 7) is 4.40. The first-order chi connectivity index (χ1) is 16.2. The molecule has 180 valence electrons. The average molecular weight is 574 g/mol. The fourth-order valence-electron chi connectivity index (χ4n) is 5.90. The van der Waals surface area contributed by atoms with Gasteiger partial charge in [-0.15, -0.1) is 0 Å². The minimum atomic E-state index is -0.862. The number of aliphatic hydroxyl groups is 1. The fraction of sp³-hybridized carbons (Fsp3) is 0.444. The van der Waals surface area contributed by atoms with Crippen LogP contribution in [0.4, 0.5) is 0 Å². The number of carbonyl (C=O) groups is 1. The summed E-state index contributed by atoms with van der Waals surface area (Å²) in [6, 6.07) is 13.5. The van der Waals surface area contributed by atoms with Crippen LogP contribution in [-0.4, -0.2) is 58.4 Å². The molecule has 34 heavy (non-hydrogen) atoms. The number of hydrogen-bond donors (Lipinski definition) is 3. The van der Waals surface area contributed by atoms with Crippen molar-refractivity contribution in [2.75, 3.05) is 26.7 Å². The summed E-state index contributed by atoms with van der Waals surface area (Å²) in [5.74, 6) is 0.169. The second-order valence-corrected chi connectivity index (χ2v) is 11.8. The molecule has 3 N–H and O–H groups in total. The molecule has 2 aromatic carbocycles. The molecule has 2 bridgehead atoms. The Morgan fingerprint density at radius 3 is 2.76 bits per heavy atom. The molecule has 6 nitrogen and oxygen atoms in total. The van der Waals surface area contributed by atoms with Crippen molar-refractivity contribution in [3.8, 4) is 16.9 Å². The third-order valence-corrected chi connectivity index (χ3v) is 9.02. The number of alkyl halides is 1. The lowest BCUT2D eigenvalue weighted by molar-refractivity contribution is -0.144. The molecule has 7 heteroatoms. The van der Waals surface area contributed by atoms with Crippen LogP contribution in [0.5, 0.6) is 5.75 Å². The van der Waals surface area contributed by atoms with E-state index in [0.717, 1.165) is 52.8 Å². The van der Waals surface area contributed by atoms with Crippen LogP contribution in [0.25, 0.3) is 22.0 Å². The predicted octanol–water partition coefficient (Wildman–Crippen LogP) is 4.75. The highest BCUT2D eigenvalue weighted by atomic mass is 127. The number of hydrogen-bond acceptors (Lipinski definition) is 5. The second-order valence-electron chi connectivity index (χ2n) is 9.92. The number of ether oxygens (including phenoxy) is 1. The molecule has 0 spiro atoms. The van der Waals surface area contributed by atoms with Crippen molar-refractivity contribution in [2.45, 2.75) is 41.6 Å². The fourth-order valence-corrected chi connectivity index (χ4v) is 7.21. The standard InChI is InChI=1S/C27H31IN2O4/c1-3-26(33)13-17-14-27(28,25(32)34-2)24-21(9-10-30(15-17)16-26)22-12-19(7-8-23(22)29-24)18-5-4-6-20(31)11-18/h4-8,11-12,17,29,31,33H,3,9-10,13-16H2,1-2H3/t17-,26+,27+/m1/s1. The number of methoxy groups -OCH3 is 1. The van der Waals surface area contributed by atoms with Crippen molar-refractivity contribution < 1.29 is 19.7 Å². The maximum Gasteiger partial charge on any atom is 0.327 e. The molecule has 0 amide bonds. The van der Waals surface area contributed by atoms with Gasteiger partial charge >= 0.3 is 5.97 Å². The summed E-state index contributed by atoms with van der Waals surface area (Å²) >= 11 is 2.28. The van der Waals surface area contributed by atoms with E-state index in [4.69, 9.17) is 4.74 Å². The number of nitrogens with zero attached hydrogens (tertiary/aromatic N) is 1. The molecule has 1 aromatic heterocycles. The van der Waals surface area contributed by atoms with Crippen molar-refractivity contribution >= 4 is 39.5 Å².